The maximum absolute atomic E-state index is 12.9. The third kappa shape index (κ3) is 6.50. The number of carbonyl (C=O) groups excluding carboxylic acids is 1. The molecule has 0 atom stereocenters. The van der Waals surface area contributed by atoms with Crippen molar-refractivity contribution in [2.24, 2.45) is 0 Å². The Morgan fingerprint density at radius 1 is 0.973 bits per heavy atom. The number of anilines is 5. The molecular weight excluding hydrogens is 515 g/mol. The van der Waals surface area contributed by atoms with Gasteiger partial charge in [0.15, 0.2) is 5.82 Å². The van der Waals surface area contributed by atoms with Crippen molar-refractivity contribution in [1.82, 2.24) is 14.9 Å². The lowest BCUT2D eigenvalue weighted by Gasteiger charge is -2.35. The van der Waals surface area contributed by atoms with Gasteiger partial charge in [0.2, 0.25) is 5.95 Å². The minimum absolute atomic E-state index is 0.0504. The van der Waals surface area contributed by atoms with Crippen LogP contribution in [0.15, 0.2) is 54.7 Å². The van der Waals surface area contributed by atoms with E-state index in [1.165, 1.54) is 23.2 Å². The number of hydrogen-bond donors (Lipinski definition) is 4. The largest absolute Gasteiger partial charge is 0.465 e. The van der Waals surface area contributed by atoms with Crippen LogP contribution in [0.3, 0.4) is 0 Å². The Hall–Kier alpha value is -4.26. The molecule has 14 heteroatoms. The zero-order valence-corrected chi connectivity index (χ0v) is 19.8. The number of aromatic nitrogens is 2. The first-order valence-electron chi connectivity index (χ1n) is 11.0. The van der Waals surface area contributed by atoms with E-state index >= 15 is 0 Å². The van der Waals surface area contributed by atoms with Crippen molar-refractivity contribution >= 4 is 52.6 Å². The monoisotopic (exact) mass is 535 g/mol. The van der Waals surface area contributed by atoms with Gasteiger partial charge in [0.25, 0.3) is 0 Å². The molecule has 1 aromatic heterocycles. The maximum atomic E-state index is 12.9. The van der Waals surface area contributed by atoms with Crippen molar-refractivity contribution in [2.75, 3.05) is 47.0 Å². The Bertz CT molecular complexity index is 1300. The first kappa shape index (κ1) is 25.8. The summed E-state index contributed by atoms with van der Waals surface area (Å²) in [5, 5.41) is 17.1. The third-order valence-corrected chi connectivity index (χ3v) is 5.71. The molecule has 194 valence electrons. The highest BCUT2D eigenvalue weighted by Crippen LogP contribution is 2.31. The number of alkyl halides is 3. The Labute approximate surface area is 214 Å². The lowest BCUT2D eigenvalue weighted by molar-refractivity contribution is -0.137. The van der Waals surface area contributed by atoms with Crippen LogP contribution in [0.1, 0.15) is 5.56 Å². The van der Waals surface area contributed by atoms with E-state index in [0.717, 1.165) is 12.1 Å². The molecule has 3 aromatic rings. The quantitative estimate of drug-likeness (QED) is 0.348. The third-order valence-electron chi connectivity index (χ3n) is 5.45. The summed E-state index contributed by atoms with van der Waals surface area (Å²) in [7, 11) is 0. The van der Waals surface area contributed by atoms with E-state index in [0.29, 0.717) is 30.3 Å². The molecule has 0 bridgehead atoms. The van der Waals surface area contributed by atoms with Gasteiger partial charge < -0.3 is 25.5 Å². The molecule has 1 aliphatic heterocycles. The van der Waals surface area contributed by atoms with Crippen LogP contribution in [0.4, 0.5) is 51.6 Å². The molecule has 1 fully saturated rings. The number of carboxylic acid groups (broad SMARTS) is 1. The Balaban J connectivity index is 1.40. The average molecular weight is 536 g/mol. The van der Waals surface area contributed by atoms with Crippen molar-refractivity contribution in [1.29, 1.82) is 0 Å². The number of rotatable bonds is 5. The molecule has 1 saturated heterocycles. The topological polar surface area (TPSA) is 123 Å². The molecule has 0 saturated carbocycles. The molecule has 3 amide bonds. The van der Waals surface area contributed by atoms with Gasteiger partial charge in [0.1, 0.15) is 5.02 Å². The van der Waals surface area contributed by atoms with Gasteiger partial charge in [-0.1, -0.05) is 29.8 Å². The zero-order chi connectivity index (χ0) is 26.6. The Morgan fingerprint density at radius 2 is 1.68 bits per heavy atom. The van der Waals surface area contributed by atoms with Gasteiger partial charge in [0.05, 0.1) is 23.1 Å². The van der Waals surface area contributed by atoms with E-state index in [1.54, 1.807) is 24.3 Å². The molecule has 1 aliphatic rings. The number of hydrogen-bond acceptors (Lipinski definition) is 6. The second-order valence-corrected chi connectivity index (χ2v) is 8.36. The van der Waals surface area contributed by atoms with Crippen LogP contribution in [-0.2, 0) is 6.18 Å². The fraction of sp³-hybridized carbons (Fsp3) is 0.217. The van der Waals surface area contributed by atoms with Crippen LogP contribution in [0.2, 0.25) is 5.02 Å². The van der Waals surface area contributed by atoms with Crippen LogP contribution in [0, 0.1) is 0 Å². The molecule has 10 nitrogen and oxygen atoms in total. The van der Waals surface area contributed by atoms with E-state index in [9.17, 15) is 22.8 Å². The number of benzene rings is 2. The second-order valence-electron chi connectivity index (χ2n) is 7.95. The first-order chi connectivity index (χ1) is 17.6. The fourth-order valence-corrected chi connectivity index (χ4v) is 3.88. The highest BCUT2D eigenvalue weighted by atomic mass is 35.5. The first-order valence-corrected chi connectivity index (χ1v) is 11.3. The molecular formula is C23H21ClF3N7O3. The zero-order valence-electron chi connectivity index (χ0n) is 19.1. The number of amides is 3. The standard InChI is InChI=1S/C23H21ClF3N7O3/c24-16-13-28-20(30-17-6-1-2-7-18(17)31-22(36)37)32-19(16)33-8-10-34(11-9-33)21(35)29-15-5-3-4-14(12-15)23(25,26)27/h1-7,12-13,31H,8-11H2,(H,29,35)(H,36,37)(H,28,30,32). The molecule has 4 N–H and O–H groups in total. The van der Waals surface area contributed by atoms with Crippen LogP contribution >= 0.6 is 11.6 Å². The van der Waals surface area contributed by atoms with Gasteiger partial charge in [-0.2, -0.15) is 18.2 Å². The normalized spacial score (nSPS) is 13.7. The number of para-hydroxylation sites is 2. The molecule has 4 rings (SSSR count). The molecule has 2 aromatic carbocycles. The number of nitrogens with zero attached hydrogens (tertiary/aromatic N) is 4. The predicted octanol–water partition coefficient (Wildman–Crippen LogP) is 5.34. The molecule has 0 aliphatic carbocycles. The molecule has 37 heavy (non-hydrogen) atoms. The minimum Gasteiger partial charge on any atom is -0.465 e. The van der Waals surface area contributed by atoms with Gasteiger partial charge in [-0.3, -0.25) is 5.32 Å². The fourth-order valence-electron chi connectivity index (χ4n) is 3.67. The second kappa shape index (κ2) is 10.8. The smallest absolute Gasteiger partial charge is 0.416 e. The van der Waals surface area contributed by atoms with Gasteiger partial charge in [0, 0.05) is 31.9 Å². The SMILES string of the molecule is O=C(O)Nc1ccccc1Nc1ncc(Cl)c(N2CCN(C(=O)Nc3cccc(C(F)(F)F)c3)CC2)n1. The van der Waals surface area contributed by atoms with Crippen molar-refractivity contribution in [3.05, 3.63) is 65.3 Å². The van der Waals surface area contributed by atoms with Crippen LogP contribution in [0.25, 0.3) is 0 Å². The predicted molar refractivity (Wildman–Crippen MR) is 133 cm³/mol. The highest BCUT2D eigenvalue weighted by Gasteiger charge is 2.31. The van der Waals surface area contributed by atoms with Crippen LogP contribution in [0.5, 0.6) is 0 Å². The number of urea groups is 1. The number of piperazine rings is 1. The average Bonchev–Trinajstić information content (AvgIpc) is 2.86. The molecule has 0 unspecified atom stereocenters. The molecule has 2 heterocycles. The highest BCUT2D eigenvalue weighted by molar-refractivity contribution is 6.32. The molecule has 0 radical (unpaired) electrons. The van der Waals surface area contributed by atoms with E-state index < -0.39 is 23.9 Å². The summed E-state index contributed by atoms with van der Waals surface area (Å²) in [6.45, 7) is 1.28. The summed E-state index contributed by atoms with van der Waals surface area (Å²) in [6.07, 6.45) is -4.32. The number of halogens is 4. The summed E-state index contributed by atoms with van der Waals surface area (Å²) in [4.78, 5) is 35.6. The summed E-state index contributed by atoms with van der Waals surface area (Å²) in [6, 6.07) is 10.6. The van der Waals surface area contributed by atoms with E-state index in [-0.39, 0.29) is 29.7 Å². The maximum Gasteiger partial charge on any atom is 0.416 e. The summed E-state index contributed by atoms with van der Waals surface area (Å²) in [5.41, 5.74) is -0.0430. The van der Waals surface area contributed by atoms with Gasteiger partial charge in [-0.15, -0.1) is 0 Å². The summed E-state index contributed by atoms with van der Waals surface area (Å²) >= 11 is 6.32. The van der Waals surface area contributed by atoms with Gasteiger partial charge in [-0.05, 0) is 30.3 Å². The van der Waals surface area contributed by atoms with Crippen molar-refractivity contribution in [2.45, 2.75) is 6.18 Å². The Kier molecular flexibility index (Phi) is 7.53. The van der Waals surface area contributed by atoms with Gasteiger partial charge >= 0.3 is 18.3 Å². The van der Waals surface area contributed by atoms with E-state index in [4.69, 9.17) is 16.7 Å². The number of carbonyl (C=O) groups is 2. The van der Waals surface area contributed by atoms with E-state index in [1.807, 2.05) is 4.90 Å². The van der Waals surface area contributed by atoms with Crippen LogP contribution in [-0.4, -0.2) is 58.3 Å². The lowest BCUT2D eigenvalue weighted by atomic mass is 10.2. The lowest BCUT2D eigenvalue weighted by Crippen LogP contribution is -2.50. The Morgan fingerprint density at radius 3 is 2.35 bits per heavy atom. The van der Waals surface area contributed by atoms with Gasteiger partial charge in [-0.25, -0.2) is 14.6 Å². The summed E-state index contributed by atoms with van der Waals surface area (Å²) < 4.78 is 38.8. The van der Waals surface area contributed by atoms with Crippen molar-refractivity contribution in [3.63, 3.8) is 0 Å². The molecule has 0 spiro atoms. The summed E-state index contributed by atoms with van der Waals surface area (Å²) in [5.74, 6) is 0.601. The minimum atomic E-state index is -4.51. The van der Waals surface area contributed by atoms with E-state index in [2.05, 4.69) is 25.9 Å². The van der Waals surface area contributed by atoms with Crippen molar-refractivity contribution < 1.29 is 27.9 Å². The van der Waals surface area contributed by atoms with Crippen molar-refractivity contribution in [3.8, 4) is 0 Å². The number of nitrogens with one attached hydrogen (secondary N) is 3. The van der Waals surface area contributed by atoms with Crippen LogP contribution < -0.4 is 20.9 Å².